The Balaban J connectivity index is 4.42. The van der Waals surface area contributed by atoms with Gasteiger partial charge in [-0.15, -0.1) is 0 Å². The summed E-state index contributed by atoms with van der Waals surface area (Å²) in [5.74, 6) is -0.231. The van der Waals surface area contributed by atoms with Crippen LogP contribution in [0.1, 0.15) is 33.6 Å². The van der Waals surface area contributed by atoms with E-state index in [1.54, 1.807) is 13.0 Å². The van der Waals surface area contributed by atoms with Gasteiger partial charge in [0.1, 0.15) is 0 Å². The molecule has 4 heteroatoms. The highest BCUT2D eigenvalue weighted by Gasteiger charge is 2.16. The average Bonchev–Trinajstić information content (AvgIpc) is 2.04. The molecule has 0 spiro atoms. The fraction of sp³-hybridized carbons (Fsp3) is 0.600. The van der Waals surface area contributed by atoms with E-state index in [1.165, 1.54) is 0 Å². The van der Waals surface area contributed by atoms with E-state index in [0.29, 0.717) is 5.57 Å². The van der Waals surface area contributed by atoms with Crippen molar-refractivity contribution in [2.75, 3.05) is 0 Å². The van der Waals surface area contributed by atoms with Gasteiger partial charge in [0.25, 0.3) is 5.91 Å². The van der Waals surface area contributed by atoms with Crippen molar-refractivity contribution in [2.45, 2.75) is 33.6 Å². The first-order valence-electron chi connectivity index (χ1n) is 4.79. The summed E-state index contributed by atoms with van der Waals surface area (Å²) in [7, 11) is 0. The molecule has 0 rings (SSSR count). The summed E-state index contributed by atoms with van der Waals surface area (Å²) in [6.45, 7) is 5.79. The molecule has 14 heavy (non-hydrogen) atoms. The van der Waals surface area contributed by atoms with E-state index in [4.69, 9.17) is 5.73 Å². The molecule has 0 radical (unpaired) electrons. The molecular weight excluding hydrogens is 180 g/mol. The van der Waals surface area contributed by atoms with Gasteiger partial charge < -0.3 is 5.73 Å². The van der Waals surface area contributed by atoms with Crippen LogP contribution in [0.2, 0.25) is 0 Å². The Morgan fingerprint density at radius 3 is 2.43 bits per heavy atom. The normalized spacial score (nSPS) is 13.5. The van der Waals surface area contributed by atoms with Crippen molar-refractivity contribution in [1.82, 2.24) is 5.32 Å². The Morgan fingerprint density at radius 2 is 2.07 bits per heavy atom. The predicted molar refractivity (Wildman–Crippen MR) is 55.6 cm³/mol. The molecule has 0 heterocycles. The molecule has 0 saturated heterocycles. The largest absolute Gasteiger partial charge is 0.351 e. The van der Waals surface area contributed by atoms with Gasteiger partial charge in [-0.1, -0.05) is 26.3 Å². The molecule has 4 nitrogen and oxygen atoms in total. The zero-order chi connectivity index (χ0) is 11.1. The number of hydrogen-bond acceptors (Lipinski definition) is 2. The van der Waals surface area contributed by atoms with Crippen molar-refractivity contribution in [1.29, 1.82) is 0 Å². The Kier molecular flexibility index (Phi) is 5.60. The molecule has 0 aliphatic rings. The quantitative estimate of drug-likeness (QED) is 0.673. The SMILES string of the molecule is C/C=C(\C(=O)NC(N)=O)C(C)CCC. The van der Waals surface area contributed by atoms with Gasteiger partial charge in [-0.2, -0.15) is 0 Å². The molecule has 3 amide bonds. The van der Waals surface area contributed by atoms with Crippen LogP contribution in [0.15, 0.2) is 11.6 Å². The third-order valence-electron chi connectivity index (χ3n) is 2.06. The van der Waals surface area contributed by atoms with Gasteiger partial charge >= 0.3 is 6.03 Å². The lowest BCUT2D eigenvalue weighted by molar-refractivity contribution is -0.116. The molecule has 0 fully saturated rings. The van der Waals surface area contributed by atoms with E-state index < -0.39 is 6.03 Å². The van der Waals surface area contributed by atoms with Crippen LogP contribution in [-0.4, -0.2) is 11.9 Å². The average molecular weight is 198 g/mol. The number of urea groups is 1. The van der Waals surface area contributed by atoms with E-state index in [-0.39, 0.29) is 11.8 Å². The van der Waals surface area contributed by atoms with Crippen LogP contribution in [0.4, 0.5) is 4.79 Å². The van der Waals surface area contributed by atoms with E-state index in [9.17, 15) is 9.59 Å². The van der Waals surface area contributed by atoms with Crippen LogP contribution in [0.25, 0.3) is 0 Å². The van der Waals surface area contributed by atoms with E-state index in [0.717, 1.165) is 12.8 Å². The van der Waals surface area contributed by atoms with Gasteiger partial charge in [-0.3, -0.25) is 10.1 Å². The molecule has 1 unspecified atom stereocenters. The molecule has 0 aliphatic heterocycles. The molecule has 0 aromatic carbocycles. The van der Waals surface area contributed by atoms with Crippen LogP contribution < -0.4 is 11.1 Å². The van der Waals surface area contributed by atoms with Gasteiger partial charge in [0, 0.05) is 5.57 Å². The highest BCUT2D eigenvalue weighted by molar-refractivity contribution is 6.03. The Labute approximate surface area is 84.5 Å². The fourth-order valence-corrected chi connectivity index (χ4v) is 1.41. The number of rotatable bonds is 4. The Bertz CT molecular complexity index is 247. The second kappa shape index (κ2) is 6.18. The minimum Gasteiger partial charge on any atom is -0.351 e. The van der Waals surface area contributed by atoms with E-state index >= 15 is 0 Å². The molecular formula is C10H18N2O2. The molecule has 0 aromatic rings. The first-order valence-corrected chi connectivity index (χ1v) is 4.79. The molecule has 80 valence electrons. The maximum absolute atomic E-state index is 11.4. The smallest absolute Gasteiger partial charge is 0.319 e. The number of nitrogens with one attached hydrogen (secondary N) is 1. The summed E-state index contributed by atoms with van der Waals surface area (Å²) < 4.78 is 0. The zero-order valence-electron chi connectivity index (χ0n) is 8.96. The summed E-state index contributed by atoms with van der Waals surface area (Å²) >= 11 is 0. The number of primary amides is 1. The lowest BCUT2D eigenvalue weighted by Gasteiger charge is -2.13. The number of carbonyl (C=O) groups excluding carboxylic acids is 2. The van der Waals surface area contributed by atoms with Gasteiger partial charge in [-0.05, 0) is 19.3 Å². The van der Waals surface area contributed by atoms with Crippen molar-refractivity contribution in [2.24, 2.45) is 11.7 Å². The van der Waals surface area contributed by atoms with E-state index in [1.807, 2.05) is 6.92 Å². The summed E-state index contributed by atoms with van der Waals surface area (Å²) in [6.07, 6.45) is 3.65. The van der Waals surface area contributed by atoms with Crippen LogP contribution >= 0.6 is 0 Å². The maximum atomic E-state index is 11.4. The minimum atomic E-state index is -0.807. The molecule has 0 aliphatic carbocycles. The van der Waals surface area contributed by atoms with E-state index in [2.05, 4.69) is 12.2 Å². The highest BCUT2D eigenvalue weighted by Crippen LogP contribution is 2.16. The number of carbonyl (C=O) groups is 2. The zero-order valence-corrected chi connectivity index (χ0v) is 8.96. The Morgan fingerprint density at radius 1 is 1.50 bits per heavy atom. The van der Waals surface area contributed by atoms with Crippen LogP contribution in [0.3, 0.4) is 0 Å². The van der Waals surface area contributed by atoms with Gasteiger partial charge in [0.2, 0.25) is 0 Å². The topological polar surface area (TPSA) is 72.2 Å². The Hall–Kier alpha value is -1.32. The number of imide groups is 1. The van der Waals surface area contributed by atoms with Gasteiger partial charge in [0.05, 0.1) is 0 Å². The first kappa shape index (κ1) is 12.7. The molecule has 0 bridgehead atoms. The van der Waals surface area contributed by atoms with Crippen molar-refractivity contribution >= 4 is 11.9 Å². The molecule has 0 aromatic heterocycles. The van der Waals surface area contributed by atoms with Gasteiger partial charge in [0.15, 0.2) is 0 Å². The van der Waals surface area contributed by atoms with Crippen LogP contribution in [0.5, 0.6) is 0 Å². The van der Waals surface area contributed by atoms with Gasteiger partial charge in [-0.25, -0.2) is 4.79 Å². The standard InChI is InChI=1S/C10H18N2O2/c1-4-6-7(3)8(5-2)9(13)12-10(11)14/h5,7H,4,6H2,1-3H3,(H3,11,12,13,14)/b8-5-. The van der Waals surface area contributed by atoms with Crippen molar-refractivity contribution in [3.63, 3.8) is 0 Å². The first-order chi connectivity index (χ1) is 6.52. The third kappa shape index (κ3) is 4.07. The molecule has 1 atom stereocenters. The highest BCUT2D eigenvalue weighted by atomic mass is 16.2. The molecule has 3 N–H and O–H groups in total. The lowest BCUT2D eigenvalue weighted by atomic mass is 9.95. The number of amides is 3. The second-order valence-corrected chi connectivity index (χ2v) is 3.25. The third-order valence-corrected chi connectivity index (χ3v) is 2.06. The predicted octanol–water partition coefficient (Wildman–Crippen LogP) is 1.56. The number of nitrogens with two attached hydrogens (primary N) is 1. The fourth-order valence-electron chi connectivity index (χ4n) is 1.41. The summed E-state index contributed by atoms with van der Waals surface area (Å²) in [5.41, 5.74) is 5.48. The van der Waals surface area contributed by atoms with Crippen molar-refractivity contribution in [3.05, 3.63) is 11.6 Å². The minimum absolute atomic E-state index is 0.157. The molecule has 0 saturated carbocycles. The monoisotopic (exact) mass is 198 g/mol. The second-order valence-electron chi connectivity index (χ2n) is 3.25. The summed E-state index contributed by atoms with van der Waals surface area (Å²) in [6, 6.07) is -0.807. The van der Waals surface area contributed by atoms with Crippen LogP contribution in [0, 0.1) is 5.92 Å². The number of allylic oxidation sites excluding steroid dienone is 1. The van der Waals surface area contributed by atoms with Crippen molar-refractivity contribution < 1.29 is 9.59 Å². The number of hydrogen-bond donors (Lipinski definition) is 2. The maximum Gasteiger partial charge on any atom is 0.319 e. The van der Waals surface area contributed by atoms with Crippen molar-refractivity contribution in [3.8, 4) is 0 Å². The lowest BCUT2D eigenvalue weighted by Crippen LogP contribution is -2.37. The van der Waals surface area contributed by atoms with Crippen LogP contribution in [-0.2, 0) is 4.79 Å². The summed E-state index contributed by atoms with van der Waals surface area (Å²) in [4.78, 5) is 21.9. The summed E-state index contributed by atoms with van der Waals surface area (Å²) in [5, 5.41) is 2.06.